The van der Waals surface area contributed by atoms with Crippen molar-refractivity contribution >= 4 is 11.8 Å². The van der Waals surface area contributed by atoms with Crippen molar-refractivity contribution in [1.82, 2.24) is 5.32 Å². The molecule has 0 bridgehead atoms. The van der Waals surface area contributed by atoms with E-state index in [4.69, 9.17) is 4.74 Å². The van der Waals surface area contributed by atoms with Gasteiger partial charge in [0.25, 0.3) is 0 Å². The third kappa shape index (κ3) is 7.62. The van der Waals surface area contributed by atoms with E-state index in [1.807, 2.05) is 42.1 Å². The van der Waals surface area contributed by atoms with Gasteiger partial charge in [0.2, 0.25) is 0 Å². The molecule has 0 spiro atoms. The van der Waals surface area contributed by atoms with Crippen molar-refractivity contribution in [2.45, 2.75) is 32.7 Å². The predicted molar refractivity (Wildman–Crippen MR) is 81.6 cm³/mol. The lowest BCUT2D eigenvalue weighted by molar-refractivity contribution is 0.305. The van der Waals surface area contributed by atoms with E-state index in [1.54, 1.807) is 0 Å². The molecule has 1 aromatic rings. The van der Waals surface area contributed by atoms with Crippen LogP contribution >= 0.6 is 11.8 Å². The van der Waals surface area contributed by atoms with Crippen LogP contribution in [0.15, 0.2) is 30.3 Å². The molecule has 0 fully saturated rings. The summed E-state index contributed by atoms with van der Waals surface area (Å²) in [6, 6.07) is 10.6. The van der Waals surface area contributed by atoms with E-state index in [0.29, 0.717) is 6.04 Å². The molecule has 0 aliphatic rings. The predicted octanol–water partition coefficient (Wildman–Crippen LogP) is 3.58. The monoisotopic (exact) mass is 267 g/mol. The molecule has 0 aliphatic carbocycles. The molecular formula is C15H25NOS. The molecule has 1 aromatic carbocycles. The zero-order valence-electron chi connectivity index (χ0n) is 11.5. The van der Waals surface area contributed by atoms with Gasteiger partial charge in [0.1, 0.15) is 5.75 Å². The minimum Gasteiger partial charge on any atom is -0.494 e. The first-order chi connectivity index (χ1) is 8.83. The first kappa shape index (κ1) is 15.4. The van der Waals surface area contributed by atoms with Gasteiger partial charge in [-0.25, -0.2) is 0 Å². The molecule has 1 N–H and O–H groups in total. The highest BCUT2D eigenvalue weighted by molar-refractivity contribution is 7.99. The zero-order valence-corrected chi connectivity index (χ0v) is 12.3. The summed E-state index contributed by atoms with van der Waals surface area (Å²) in [6.45, 7) is 6.29. The Morgan fingerprint density at radius 2 is 2.06 bits per heavy atom. The van der Waals surface area contributed by atoms with E-state index in [1.165, 1.54) is 17.9 Å². The first-order valence-corrected chi connectivity index (χ1v) is 7.97. The standard InChI is InChI=1S/C15H25NOS/c1-3-18-13-10-14(2)16-11-7-12-17-15-8-5-4-6-9-15/h4-6,8-9,14,16H,3,7,10-13H2,1-2H3. The number of para-hydroxylation sites is 1. The summed E-state index contributed by atoms with van der Waals surface area (Å²) >= 11 is 2.01. The molecule has 1 rings (SSSR count). The fourth-order valence-electron chi connectivity index (χ4n) is 1.63. The molecule has 0 aliphatic heterocycles. The number of benzene rings is 1. The van der Waals surface area contributed by atoms with Crippen LogP contribution < -0.4 is 10.1 Å². The Morgan fingerprint density at radius 1 is 1.28 bits per heavy atom. The van der Waals surface area contributed by atoms with Crippen molar-refractivity contribution in [3.05, 3.63) is 30.3 Å². The minimum atomic E-state index is 0.612. The van der Waals surface area contributed by atoms with Gasteiger partial charge in [-0.2, -0.15) is 11.8 Å². The van der Waals surface area contributed by atoms with Crippen LogP contribution in [-0.2, 0) is 0 Å². The first-order valence-electron chi connectivity index (χ1n) is 6.82. The molecule has 1 unspecified atom stereocenters. The van der Waals surface area contributed by atoms with E-state index < -0.39 is 0 Å². The fourth-order valence-corrected chi connectivity index (χ4v) is 2.44. The van der Waals surface area contributed by atoms with Gasteiger partial charge in [0.15, 0.2) is 0 Å². The van der Waals surface area contributed by atoms with Crippen LogP contribution in [0.5, 0.6) is 5.75 Å². The zero-order chi connectivity index (χ0) is 13.1. The molecule has 3 heteroatoms. The van der Waals surface area contributed by atoms with Gasteiger partial charge in [-0.05, 0) is 49.9 Å². The molecule has 102 valence electrons. The lowest BCUT2D eigenvalue weighted by Crippen LogP contribution is -2.28. The Hall–Kier alpha value is -0.670. The lowest BCUT2D eigenvalue weighted by atomic mass is 10.2. The van der Waals surface area contributed by atoms with Crippen LogP contribution in [0.4, 0.5) is 0 Å². The second-order valence-corrected chi connectivity index (χ2v) is 5.75. The molecule has 0 saturated heterocycles. The number of hydrogen-bond acceptors (Lipinski definition) is 3. The molecular weight excluding hydrogens is 242 g/mol. The summed E-state index contributed by atoms with van der Waals surface area (Å²) in [6.07, 6.45) is 2.30. The van der Waals surface area contributed by atoms with E-state index in [-0.39, 0.29) is 0 Å². The maximum Gasteiger partial charge on any atom is 0.119 e. The van der Waals surface area contributed by atoms with Gasteiger partial charge in [-0.15, -0.1) is 0 Å². The Kier molecular flexibility index (Phi) is 8.78. The summed E-state index contributed by atoms with van der Waals surface area (Å²) in [5, 5.41) is 3.53. The second kappa shape index (κ2) is 10.3. The summed E-state index contributed by atoms with van der Waals surface area (Å²) < 4.78 is 5.64. The second-order valence-electron chi connectivity index (χ2n) is 4.36. The Balaban J connectivity index is 1.95. The van der Waals surface area contributed by atoms with Gasteiger partial charge in [-0.3, -0.25) is 0 Å². The van der Waals surface area contributed by atoms with Crippen LogP contribution in [0.25, 0.3) is 0 Å². The van der Waals surface area contributed by atoms with Crippen LogP contribution in [0.1, 0.15) is 26.7 Å². The SMILES string of the molecule is CCSCCC(C)NCCCOc1ccccc1. The number of thioether (sulfide) groups is 1. The molecule has 18 heavy (non-hydrogen) atoms. The highest BCUT2D eigenvalue weighted by Crippen LogP contribution is 2.08. The molecule has 0 heterocycles. The molecule has 0 amide bonds. The van der Waals surface area contributed by atoms with E-state index in [2.05, 4.69) is 19.2 Å². The largest absolute Gasteiger partial charge is 0.494 e. The molecule has 0 saturated carbocycles. The van der Waals surface area contributed by atoms with Crippen LogP contribution in [0.3, 0.4) is 0 Å². The van der Waals surface area contributed by atoms with Crippen molar-refractivity contribution in [3.63, 3.8) is 0 Å². The van der Waals surface area contributed by atoms with Crippen molar-refractivity contribution in [1.29, 1.82) is 0 Å². The van der Waals surface area contributed by atoms with Gasteiger partial charge in [0.05, 0.1) is 6.61 Å². The Labute approximate surface area is 116 Å². The van der Waals surface area contributed by atoms with Crippen molar-refractivity contribution in [2.75, 3.05) is 24.7 Å². The maximum absolute atomic E-state index is 5.64. The highest BCUT2D eigenvalue weighted by atomic mass is 32.2. The van der Waals surface area contributed by atoms with E-state index >= 15 is 0 Å². The average molecular weight is 267 g/mol. The summed E-state index contributed by atoms with van der Waals surface area (Å²) in [5.41, 5.74) is 0. The minimum absolute atomic E-state index is 0.612. The third-order valence-electron chi connectivity index (χ3n) is 2.73. The van der Waals surface area contributed by atoms with Crippen molar-refractivity contribution in [2.24, 2.45) is 0 Å². The fraction of sp³-hybridized carbons (Fsp3) is 0.600. The van der Waals surface area contributed by atoms with E-state index in [9.17, 15) is 0 Å². The third-order valence-corrected chi connectivity index (χ3v) is 3.66. The van der Waals surface area contributed by atoms with Gasteiger partial charge in [-0.1, -0.05) is 25.1 Å². The molecule has 1 atom stereocenters. The number of ether oxygens (including phenoxy) is 1. The van der Waals surface area contributed by atoms with Gasteiger partial charge >= 0.3 is 0 Å². The van der Waals surface area contributed by atoms with Crippen molar-refractivity contribution in [3.8, 4) is 5.75 Å². The summed E-state index contributed by atoms with van der Waals surface area (Å²) in [4.78, 5) is 0. The van der Waals surface area contributed by atoms with Crippen LogP contribution in [0.2, 0.25) is 0 Å². The maximum atomic E-state index is 5.64. The number of rotatable bonds is 10. The van der Waals surface area contributed by atoms with Gasteiger partial charge < -0.3 is 10.1 Å². The molecule has 0 aromatic heterocycles. The molecule has 0 radical (unpaired) electrons. The summed E-state index contributed by atoms with van der Waals surface area (Å²) in [7, 11) is 0. The summed E-state index contributed by atoms with van der Waals surface area (Å²) in [5.74, 6) is 3.44. The van der Waals surface area contributed by atoms with Crippen LogP contribution in [0, 0.1) is 0 Å². The number of nitrogens with one attached hydrogen (secondary N) is 1. The van der Waals surface area contributed by atoms with Crippen LogP contribution in [-0.4, -0.2) is 30.7 Å². The normalized spacial score (nSPS) is 12.3. The topological polar surface area (TPSA) is 21.3 Å². The number of hydrogen-bond donors (Lipinski definition) is 1. The Bertz CT molecular complexity index is 292. The van der Waals surface area contributed by atoms with E-state index in [0.717, 1.165) is 25.3 Å². The van der Waals surface area contributed by atoms with Gasteiger partial charge in [0, 0.05) is 6.04 Å². The lowest BCUT2D eigenvalue weighted by Gasteiger charge is -2.13. The average Bonchev–Trinajstić information content (AvgIpc) is 2.40. The molecule has 2 nitrogen and oxygen atoms in total. The Morgan fingerprint density at radius 3 is 2.78 bits per heavy atom. The van der Waals surface area contributed by atoms with Crippen molar-refractivity contribution < 1.29 is 4.74 Å². The quantitative estimate of drug-likeness (QED) is 0.655. The smallest absolute Gasteiger partial charge is 0.119 e. The highest BCUT2D eigenvalue weighted by Gasteiger charge is 2.00.